The highest BCUT2D eigenvalue weighted by Gasteiger charge is 2.43. The third kappa shape index (κ3) is 4.79. The Morgan fingerprint density at radius 1 is 1.19 bits per heavy atom. The first-order valence-corrected chi connectivity index (χ1v) is 11.2. The maximum atomic E-state index is 13.4. The van der Waals surface area contributed by atoms with Gasteiger partial charge in [0.1, 0.15) is 6.61 Å². The predicted octanol–water partition coefficient (Wildman–Crippen LogP) is 2.33. The first-order valence-electron chi connectivity index (χ1n) is 9.76. The van der Waals surface area contributed by atoms with Crippen molar-refractivity contribution in [2.45, 2.75) is 17.0 Å². The van der Waals surface area contributed by atoms with Crippen LogP contribution < -0.4 is 0 Å². The molecule has 32 heavy (non-hydrogen) atoms. The zero-order chi connectivity index (χ0) is 23.3. The van der Waals surface area contributed by atoms with E-state index in [1.165, 1.54) is 11.0 Å². The molecule has 0 radical (unpaired) electrons. The van der Waals surface area contributed by atoms with Crippen LogP contribution in [0.5, 0.6) is 0 Å². The number of sulfonamides is 1. The minimum atomic E-state index is -4.12. The zero-order valence-corrected chi connectivity index (χ0v) is 17.9. The number of aliphatic hydroxyl groups excluding tert-OH is 1. The van der Waals surface area contributed by atoms with Crippen molar-refractivity contribution >= 4 is 21.8 Å². The van der Waals surface area contributed by atoms with Crippen LogP contribution in [0.3, 0.4) is 0 Å². The molecule has 1 aliphatic heterocycles. The van der Waals surface area contributed by atoms with Crippen LogP contribution in [-0.4, -0.2) is 66.1 Å². The van der Waals surface area contributed by atoms with E-state index in [9.17, 15) is 28.4 Å². The summed E-state index contributed by atoms with van der Waals surface area (Å²) >= 11 is 0. The summed E-state index contributed by atoms with van der Waals surface area (Å²) in [4.78, 5) is 24.2. The highest BCUT2D eigenvalue weighted by Crippen LogP contribution is 2.32. The van der Waals surface area contributed by atoms with Crippen molar-refractivity contribution in [3.8, 4) is 0 Å². The quantitative estimate of drug-likeness (QED) is 0.380. The highest BCUT2D eigenvalue weighted by molar-refractivity contribution is 7.89. The average Bonchev–Trinajstić information content (AvgIpc) is 2.82. The fourth-order valence-electron chi connectivity index (χ4n) is 3.56. The van der Waals surface area contributed by atoms with Crippen molar-refractivity contribution in [1.29, 1.82) is 0 Å². The number of rotatable bonds is 7. The van der Waals surface area contributed by atoms with Gasteiger partial charge in [-0.3, -0.25) is 15.0 Å². The second-order valence-corrected chi connectivity index (χ2v) is 9.00. The van der Waals surface area contributed by atoms with Gasteiger partial charge in [0.2, 0.25) is 10.0 Å². The number of amides is 1. The van der Waals surface area contributed by atoms with Gasteiger partial charge < -0.3 is 9.84 Å². The van der Waals surface area contributed by atoms with Crippen LogP contribution in [0.25, 0.3) is 0 Å². The van der Waals surface area contributed by atoms with E-state index in [4.69, 9.17) is 4.74 Å². The number of benzene rings is 2. The summed E-state index contributed by atoms with van der Waals surface area (Å²) in [5.41, 5.74) is 0.461. The van der Waals surface area contributed by atoms with Crippen molar-refractivity contribution in [2.75, 3.05) is 26.3 Å². The number of ether oxygens (including phenoxy) is 1. The van der Waals surface area contributed by atoms with Gasteiger partial charge in [0.25, 0.3) is 5.69 Å². The van der Waals surface area contributed by atoms with Gasteiger partial charge in [-0.1, -0.05) is 43.0 Å². The van der Waals surface area contributed by atoms with Gasteiger partial charge in [-0.25, -0.2) is 13.2 Å². The summed E-state index contributed by atoms with van der Waals surface area (Å²) in [6, 6.07) is 11.8. The van der Waals surface area contributed by atoms with E-state index < -0.39 is 39.7 Å². The summed E-state index contributed by atoms with van der Waals surface area (Å²) in [6.45, 7) is 2.75. The Labute approximate surface area is 185 Å². The molecule has 2 atom stereocenters. The molecule has 2 aromatic rings. The normalized spacial score (nSPS) is 19.3. The maximum Gasteiger partial charge on any atom is 0.410 e. The van der Waals surface area contributed by atoms with Crippen molar-refractivity contribution in [3.63, 3.8) is 0 Å². The van der Waals surface area contributed by atoms with Gasteiger partial charge in [0.05, 0.1) is 28.5 Å². The zero-order valence-electron chi connectivity index (χ0n) is 17.1. The summed E-state index contributed by atoms with van der Waals surface area (Å²) in [5.74, 6) is 0. The summed E-state index contributed by atoms with van der Waals surface area (Å²) in [7, 11) is -4.12. The molecular weight excluding hydrogens is 438 g/mol. The van der Waals surface area contributed by atoms with Crippen molar-refractivity contribution in [1.82, 2.24) is 9.21 Å². The standard InChI is InChI=1S/C21H23N3O7S/c1-2-12-31-21(26)22-13-18(15-25)23(14-20(22)16-6-4-3-5-7-16)32(29,30)19-10-8-17(9-11-19)24(27)28/h2-11,18,20,25H,1,12-15H2/t18-,20-/m0/s1. The van der Waals surface area contributed by atoms with Crippen molar-refractivity contribution < 1.29 is 28.0 Å². The molecule has 3 rings (SSSR count). The maximum absolute atomic E-state index is 13.4. The lowest BCUT2D eigenvalue weighted by molar-refractivity contribution is -0.384. The van der Waals surface area contributed by atoms with Gasteiger partial charge in [-0.05, 0) is 17.7 Å². The van der Waals surface area contributed by atoms with E-state index in [0.29, 0.717) is 5.56 Å². The van der Waals surface area contributed by atoms with E-state index in [1.807, 2.05) is 0 Å². The molecule has 1 N–H and O–H groups in total. The number of non-ortho nitro benzene ring substituents is 1. The molecule has 10 nitrogen and oxygen atoms in total. The second-order valence-electron chi connectivity index (χ2n) is 7.11. The van der Waals surface area contributed by atoms with Crippen molar-refractivity contribution in [3.05, 3.63) is 82.9 Å². The number of aliphatic hydroxyl groups is 1. The summed E-state index contributed by atoms with van der Waals surface area (Å²) in [6.07, 6.45) is 0.776. The minimum Gasteiger partial charge on any atom is -0.445 e. The number of hydrogen-bond donors (Lipinski definition) is 1. The van der Waals surface area contributed by atoms with Crippen molar-refractivity contribution in [2.24, 2.45) is 0 Å². The van der Waals surface area contributed by atoms with Crippen LogP contribution in [0.4, 0.5) is 10.5 Å². The van der Waals surface area contributed by atoms with E-state index in [1.54, 1.807) is 30.3 Å². The third-order valence-electron chi connectivity index (χ3n) is 5.15. The highest BCUT2D eigenvalue weighted by atomic mass is 32.2. The van der Waals surface area contributed by atoms with Gasteiger partial charge in [0.15, 0.2) is 0 Å². The lowest BCUT2D eigenvalue weighted by Gasteiger charge is -2.44. The summed E-state index contributed by atoms with van der Waals surface area (Å²) in [5, 5.41) is 20.8. The van der Waals surface area contributed by atoms with Crippen LogP contribution in [0.15, 0.2) is 72.1 Å². The van der Waals surface area contributed by atoms with Crippen LogP contribution in [0, 0.1) is 10.1 Å². The first kappa shape index (κ1) is 23.4. The van der Waals surface area contributed by atoms with Gasteiger partial charge in [0, 0.05) is 25.2 Å². The van der Waals surface area contributed by atoms with Gasteiger partial charge >= 0.3 is 6.09 Å². The number of piperazine rings is 1. The number of nitrogens with zero attached hydrogens (tertiary/aromatic N) is 3. The Kier molecular flexibility index (Phi) is 7.23. The second kappa shape index (κ2) is 9.90. The molecular formula is C21H23N3O7S. The molecule has 11 heteroatoms. The molecule has 1 fully saturated rings. The van der Waals surface area contributed by atoms with Crippen LogP contribution in [0.2, 0.25) is 0 Å². The predicted molar refractivity (Wildman–Crippen MR) is 115 cm³/mol. The van der Waals surface area contributed by atoms with E-state index in [2.05, 4.69) is 6.58 Å². The molecule has 1 saturated heterocycles. The number of nitro benzene ring substituents is 1. The molecule has 0 aliphatic carbocycles. The van der Waals surface area contributed by atoms with E-state index in [-0.39, 0.29) is 30.3 Å². The fraction of sp³-hybridized carbons (Fsp3) is 0.286. The largest absolute Gasteiger partial charge is 0.445 e. The smallest absolute Gasteiger partial charge is 0.410 e. The number of carbonyl (C=O) groups is 1. The Bertz CT molecular complexity index is 1070. The molecule has 1 amide bonds. The van der Waals surface area contributed by atoms with Gasteiger partial charge in [-0.15, -0.1) is 0 Å². The Morgan fingerprint density at radius 2 is 1.84 bits per heavy atom. The Morgan fingerprint density at radius 3 is 2.41 bits per heavy atom. The molecule has 0 bridgehead atoms. The lowest BCUT2D eigenvalue weighted by Crippen LogP contribution is -2.59. The molecule has 0 unspecified atom stereocenters. The summed E-state index contributed by atoms with van der Waals surface area (Å²) < 4.78 is 33.0. The minimum absolute atomic E-state index is 0.00849. The molecule has 0 aromatic heterocycles. The fourth-order valence-corrected chi connectivity index (χ4v) is 5.17. The Balaban J connectivity index is 1.98. The number of nitro groups is 1. The first-order chi connectivity index (χ1) is 15.3. The molecule has 170 valence electrons. The number of carbonyl (C=O) groups excluding carboxylic acids is 1. The lowest BCUT2D eigenvalue weighted by atomic mass is 10.0. The molecule has 1 heterocycles. The number of hydrogen-bond acceptors (Lipinski definition) is 7. The van der Waals surface area contributed by atoms with E-state index >= 15 is 0 Å². The molecule has 0 spiro atoms. The van der Waals surface area contributed by atoms with E-state index in [0.717, 1.165) is 28.6 Å². The SMILES string of the molecule is C=CCOC(=O)N1C[C@@H](CO)N(S(=O)(=O)c2ccc([N+](=O)[O-])cc2)C[C@H]1c1ccccc1. The monoisotopic (exact) mass is 461 g/mol. The molecule has 2 aromatic carbocycles. The van der Waals surface area contributed by atoms with Crippen LogP contribution in [-0.2, 0) is 14.8 Å². The van der Waals surface area contributed by atoms with Crippen LogP contribution >= 0.6 is 0 Å². The molecule has 1 aliphatic rings. The van der Waals surface area contributed by atoms with Gasteiger partial charge in [-0.2, -0.15) is 4.31 Å². The topological polar surface area (TPSA) is 130 Å². The van der Waals surface area contributed by atoms with Crippen LogP contribution in [0.1, 0.15) is 11.6 Å². The Hall–Kier alpha value is -3.28. The average molecular weight is 461 g/mol. The third-order valence-corrected chi connectivity index (χ3v) is 7.08. The molecule has 0 saturated carbocycles.